The van der Waals surface area contributed by atoms with Gasteiger partial charge >= 0.3 is 0 Å². The summed E-state index contributed by atoms with van der Waals surface area (Å²) in [5.74, 6) is 7.18. The van der Waals surface area contributed by atoms with Crippen LogP contribution in [0, 0.1) is 49.4 Å². The number of hydrogen-bond donors (Lipinski definition) is 0. The van der Waals surface area contributed by atoms with Crippen LogP contribution in [0.1, 0.15) is 87.5 Å². The van der Waals surface area contributed by atoms with Crippen LogP contribution in [-0.2, 0) is 0 Å². The van der Waals surface area contributed by atoms with Gasteiger partial charge in [0.1, 0.15) is 0 Å². The SMILES string of the molecule is Cc1cc2c(cc1C)C1CC(C)C(C)CC1C1CC(C)C(C)CC21. The van der Waals surface area contributed by atoms with Crippen molar-refractivity contribution in [3.63, 3.8) is 0 Å². The summed E-state index contributed by atoms with van der Waals surface area (Å²) in [7, 11) is 0. The normalized spacial score (nSPS) is 44.4. The van der Waals surface area contributed by atoms with Gasteiger partial charge in [-0.05, 0) is 109 Å². The van der Waals surface area contributed by atoms with Crippen LogP contribution in [-0.4, -0.2) is 0 Å². The topological polar surface area (TPSA) is 0 Å². The van der Waals surface area contributed by atoms with Gasteiger partial charge in [-0.3, -0.25) is 0 Å². The molecule has 0 nitrogen and oxygen atoms in total. The summed E-state index contributed by atoms with van der Waals surface area (Å²) in [6.45, 7) is 14.7. The molecular formula is C24H36. The first-order valence-electron chi connectivity index (χ1n) is 10.5. The molecule has 2 fully saturated rings. The van der Waals surface area contributed by atoms with Crippen molar-refractivity contribution in [2.24, 2.45) is 35.5 Å². The standard InChI is InChI=1S/C24H36/c1-13-7-19-20(8-14(13)2)22-10-16(4)18(6)12-24(22)23-11-17(5)15(3)9-21(19)23/h7-8,15-18,21-24H,9-12H2,1-6H3. The van der Waals surface area contributed by atoms with Crippen molar-refractivity contribution in [3.05, 3.63) is 34.4 Å². The first-order valence-corrected chi connectivity index (χ1v) is 10.5. The first kappa shape index (κ1) is 16.7. The third kappa shape index (κ3) is 2.47. The molecule has 0 aliphatic heterocycles. The molecule has 3 aliphatic rings. The quantitative estimate of drug-likeness (QED) is 0.489. The van der Waals surface area contributed by atoms with Gasteiger partial charge in [-0.2, -0.15) is 0 Å². The van der Waals surface area contributed by atoms with E-state index in [2.05, 4.69) is 53.7 Å². The zero-order valence-electron chi connectivity index (χ0n) is 16.6. The van der Waals surface area contributed by atoms with E-state index in [-0.39, 0.29) is 0 Å². The molecule has 0 heterocycles. The summed E-state index contributed by atoms with van der Waals surface area (Å²) < 4.78 is 0. The van der Waals surface area contributed by atoms with E-state index in [4.69, 9.17) is 0 Å². The molecule has 0 saturated heterocycles. The van der Waals surface area contributed by atoms with E-state index in [0.29, 0.717) is 0 Å². The van der Waals surface area contributed by atoms with Crippen molar-refractivity contribution in [2.75, 3.05) is 0 Å². The monoisotopic (exact) mass is 324 g/mol. The smallest absolute Gasteiger partial charge is 0.0125 e. The Labute approximate surface area is 149 Å². The fraction of sp³-hybridized carbons (Fsp3) is 0.750. The van der Waals surface area contributed by atoms with E-state index >= 15 is 0 Å². The molecule has 1 aromatic carbocycles. The summed E-state index contributed by atoms with van der Waals surface area (Å²) in [6, 6.07) is 5.17. The zero-order valence-corrected chi connectivity index (χ0v) is 16.6. The van der Waals surface area contributed by atoms with Gasteiger partial charge in [0.05, 0.1) is 0 Å². The minimum absolute atomic E-state index is 0.840. The van der Waals surface area contributed by atoms with Crippen LogP contribution in [0.3, 0.4) is 0 Å². The molecule has 24 heavy (non-hydrogen) atoms. The molecule has 3 aliphatic carbocycles. The maximum atomic E-state index is 2.59. The van der Waals surface area contributed by atoms with Crippen molar-refractivity contribution in [1.82, 2.24) is 0 Å². The second-order valence-corrected chi connectivity index (χ2v) is 9.96. The van der Waals surface area contributed by atoms with Crippen LogP contribution in [0.5, 0.6) is 0 Å². The Hall–Kier alpha value is -0.780. The number of aryl methyl sites for hydroxylation is 2. The van der Waals surface area contributed by atoms with Crippen LogP contribution in [0.25, 0.3) is 0 Å². The second-order valence-electron chi connectivity index (χ2n) is 9.96. The lowest BCUT2D eigenvalue weighted by Crippen LogP contribution is -2.43. The molecule has 2 saturated carbocycles. The molecule has 0 spiro atoms. The first-order chi connectivity index (χ1) is 11.4. The lowest BCUT2D eigenvalue weighted by atomic mass is 9.51. The Balaban J connectivity index is 1.83. The van der Waals surface area contributed by atoms with Crippen LogP contribution in [0.4, 0.5) is 0 Å². The van der Waals surface area contributed by atoms with Gasteiger partial charge in [0, 0.05) is 0 Å². The second kappa shape index (κ2) is 5.89. The van der Waals surface area contributed by atoms with Gasteiger partial charge in [-0.25, -0.2) is 0 Å². The number of rotatable bonds is 0. The number of benzene rings is 1. The molecule has 8 unspecified atom stereocenters. The van der Waals surface area contributed by atoms with Crippen LogP contribution in [0.2, 0.25) is 0 Å². The number of hydrogen-bond acceptors (Lipinski definition) is 0. The highest BCUT2D eigenvalue weighted by Crippen LogP contribution is 2.60. The van der Waals surface area contributed by atoms with Crippen molar-refractivity contribution in [2.45, 2.75) is 79.1 Å². The molecule has 4 rings (SSSR count). The highest BCUT2D eigenvalue weighted by atomic mass is 14.5. The third-order valence-electron chi connectivity index (χ3n) is 8.56. The molecule has 1 aromatic rings. The van der Waals surface area contributed by atoms with Gasteiger partial charge < -0.3 is 0 Å². The summed E-state index contributed by atoms with van der Waals surface area (Å²) in [6.07, 6.45) is 5.80. The minimum atomic E-state index is 0.840. The Morgan fingerprint density at radius 3 is 1.29 bits per heavy atom. The molecule has 0 bridgehead atoms. The summed E-state index contributed by atoms with van der Waals surface area (Å²) in [4.78, 5) is 0. The Kier molecular flexibility index (Phi) is 4.09. The molecule has 0 N–H and O–H groups in total. The molecule has 0 heteroatoms. The summed E-state index contributed by atoms with van der Waals surface area (Å²) >= 11 is 0. The van der Waals surface area contributed by atoms with E-state index < -0.39 is 0 Å². The van der Waals surface area contributed by atoms with E-state index in [1.165, 1.54) is 36.8 Å². The van der Waals surface area contributed by atoms with Gasteiger partial charge in [0.15, 0.2) is 0 Å². The fourth-order valence-corrected chi connectivity index (χ4v) is 6.43. The summed E-state index contributed by atoms with van der Waals surface area (Å²) in [5, 5.41) is 0. The van der Waals surface area contributed by atoms with Crippen molar-refractivity contribution < 1.29 is 0 Å². The molecule has 0 aromatic heterocycles. The molecule has 132 valence electrons. The zero-order chi connectivity index (χ0) is 17.2. The van der Waals surface area contributed by atoms with Crippen molar-refractivity contribution >= 4 is 0 Å². The van der Waals surface area contributed by atoms with Crippen LogP contribution in [0.15, 0.2) is 12.1 Å². The third-order valence-corrected chi connectivity index (χ3v) is 8.56. The highest BCUT2D eigenvalue weighted by Gasteiger charge is 2.48. The maximum absolute atomic E-state index is 2.59. The number of fused-ring (bicyclic) bond motifs is 6. The van der Waals surface area contributed by atoms with Gasteiger partial charge in [0.25, 0.3) is 0 Å². The van der Waals surface area contributed by atoms with E-state index in [1.54, 1.807) is 11.1 Å². The summed E-state index contributed by atoms with van der Waals surface area (Å²) in [5.41, 5.74) is 6.53. The molecule has 8 atom stereocenters. The fourth-order valence-electron chi connectivity index (χ4n) is 6.43. The van der Waals surface area contributed by atoms with Crippen LogP contribution >= 0.6 is 0 Å². The Bertz CT molecular complexity index is 572. The predicted octanol–water partition coefficient (Wildman–Crippen LogP) is 6.85. The van der Waals surface area contributed by atoms with E-state index in [9.17, 15) is 0 Å². The lowest BCUT2D eigenvalue weighted by molar-refractivity contribution is 0.0474. The highest BCUT2D eigenvalue weighted by molar-refractivity contribution is 5.44. The van der Waals surface area contributed by atoms with Gasteiger partial charge in [-0.15, -0.1) is 0 Å². The average molecular weight is 325 g/mol. The average Bonchev–Trinajstić information content (AvgIpc) is 2.53. The van der Waals surface area contributed by atoms with E-state index in [1.807, 2.05) is 0 Å². The molecule has 0 radical (unpaired) electrons. The van der Waals surface area contributed by atoms with Gasteiger partial charge in [-0.1, -0.05) is 39.8 Å². The van der Waals surface area contributed by atoms with Crippen molar-refractivity contribution in [3.8, 4) is 0 Å². The lowest BCUT2D eigenvalue weighted by Gasteiger charge is -2.54. The van der Waals surface area contributed by atoms with Gasteiger partial charge in [0.2, 0.25) is 0 Å². The molecule has 0 amide bonds. The Morgan fingerprint density at radius 2 is 0.917 bits per heavy atom. The van der Waals surface area contributed by atoms with Crippen LogP contribution < -0.4 is 0 Å². The largest absolute Gasteiger partial charge is 0.0622 e. The molecular weight excluding hydrogens is 288 g/mol. The minimum Gasteiger partial charge on any atom is -0.0622 e. The van der Waals surface area contributed by atoms with Crippen molar-refractivity contribution in [1.29, 1.82) is 0 Å². The predicted molar refractivity (Wildman–Crippen MR) is 104 cm³/mol. The Morgan fingerprint density at radius 1 is 0.583 bits per heavy atom. The van der Waals surface area contributed by atoms with E-state index in [0.717, 1.165) is 47.3 Å². The maximum Gasteiger partial charge on any atom is -0.0125 e.